The van der Waals surface area contributed by atoms with Gasteiger partial charge in [-0.15, -0.1) is 11.8 Å². The van der Waals surface area contributed by atoms with Crippen molar-refractivity contribution >= 4 is 37.0 Å². The SMILES string of the molecule is COc1cc(OC)c(CSCO[C@H]2C[C@H](n3cc(C#CCN)c4c(=O)[nH]c(N)nc43)OC2CO[PH](=O)O)c(OC)c1. The molecule has 222 valence electrons. The van der Waals surface area contributed by atoms with E-state index in [9.17, 15) is 14.3 Å². The van der Waals surface area contributed by atoms with E-state index in [1.54, 1.807) is 44.2 Å². The number of nitrogen functional groups attached to an aromatic ring is 1. The molecule has 6 N–H and O–H groups in total. The van der Waals surface area contributed by atoms with Gasteiger partial charge in [-0.05, 0) is 0 Å². The second-order valence-corrected chi connectivity index (χ2v) is 10.5. The number of aromatic amines is 1. The van der Waals surface area contributed by atoms with E-state index in [1.807, 2.05) is 0 Å². The molecule has 4 atom stereocenters. The number of fused-ring (bicyclic) bond motifs is 1. The van der Waals surface area contributed by atoms with Crippen LogP contribution in [-0.4, -0.2) is 72.1 Å². The lowest BCUT2D eigenvalue weighted by atomic mass is 10.2. The van der Waals surface area contributed by atoms with E-state index in [-0.39, 0.29) is 36.1 Å². The van der Waals surface area contributed by atoms with Crippen LogP contribution in [0.3, 0.4) is 0 Å². The van der Waals surface area contributed by atoms with E-state index < -0.39 is 32.2 Å². The van der Waals surface area contributed by atoms with E-state index in [2.05, 4.69) is 21.8 Å². The Morgan fingerprint density at radius 1 is 1.27 bits per heavy atom. The summed E-state index contributed by atoms with van der Waals surface area (Å²) in [6.45, 7) is -0.0655. The third kappa shape index (κ3) is 7.17. The second kappa shape index (κ2) is 14.1. The first-order valence-corrected chi connectivity index (χ1v) is 14.8. The summed E-state index contributed by atoms with van der Waals surface area (Å²) in [6, 6.07) is 3.55. The van der Waals surface area contributed by atoms with Gasteiger partial charge in [0.2, 0.25) is 5.95 Å². The number of hydrogen-bond donors (Lipinski definition) is 4. The molecule has 0 amide bonds. The topological polar surface area (TPSA) is 195 Å². The van der Waals surface area contributed by atoms with E-state index >= 15 is 0 Å². The highest BCUT2D eigenvalue weighted by Gasteiger charge is 2.38. The van der Waals surface area contributed by atoms with E-state index in [1.165, 1.54) is 11.8 Å². The van der Waals surface area contributed by atoms with Crippen molar-refractivity contribution in [2.24, 2.45) is 5.73 Å². The van der Waals surface area contributed by atoms with Gasteiger partial charge in [0, 0.05) is 36.1 Å². The molecule has 1 aromatic carbocycles. The van der Waals surface area contributed by atoms with Crippen molar-refractivity contribution in [2.45, 2.75) is 30.6 Å². The Hall–Kier alpha value is -3.22. The predicted molar refractivity (Wildman–Crippen MR) is 154 cm³/mol. The van der Waals surface area contributed by atoms with E-state index in [0.29, 0.717) is 35.0 Å². The lowest BCUT2D eigenvalue weighted by Crippen LogP contribution is -2.28. The maximum absolute atomic E-state index is 12.7. The minimum absolute atomic E-state index is 0.0643. The van der Waals surface area contributed by atoms with Gasteiger partial charge in [0.1, 0.15) is 29.6 Å². The van der Waals surface area contributed by atoms with E-state index in [4.69, 9.17) is 39.7 Å². The molecule has 1 fully saturated rings. The van der Waals surface area contributed by atoms with Crippen LogP contribution in [0.25, 0.3) is 11.0 Å². The molecule has 4 rings (SSSR count). The zero-order valence-electron chi connectivity index (χ0n) is 22.7. The molecule has 0 bridgehead atoms. The summed E-state index contributed by atoms with van der Waals surface area (Å²) < 4.78 is 46.6. The largest absolute Gasteiger partial charge is 0.496 e. The van der Waals surface area contributed by atoms with E-state index in [0.717, 1.165) is 5.56 Å². The average Bonchev–Trinajstić information content (AvgIpc) is 3.53. The van der Waals surface area contributed by atoms with Crippen molar-refractivity contribution in [2.75, 3.05) is 46.2 Å². The van der Waals surface area contributed by atoms with Crippen molar-refractivity contribution in [3.8, 4) is 29.1 Å². The van der Waals surface area contributed by atoms with Gasteiger partial charge in [0.15, 0.2) is 5.65 Å². The summed E-state index contributed by atoms with van der Waals surface area (Å²) in [5.41, 5.74) is 12.4. The van der Waals surface area contributed by atoms with Gasteiger partial charge in [-0.2, -0.15) is 4.98 Å². The van der Waals surface area contributed by atoms with Crippen LogP contribution >= 0.6 is 20.0 Å². The number of H-pyrrole nitrogens is 1. The number of nitrogens with two attached hydrogens (primary N) is 2. The maximum atomic E-state index is 12.7. The summed E-state index contributed by atoms with van der Waals surface area (Å²) in [7, 11) is 1.51. The number of rotatable bonds is 12. The van der Waals surface area contributed by atoms with Gasteiger partial charge < -0.3 is 49.1 Å². The molecule has 0 aliphatic carbocycles. The number of nitrogens with zero attached hydrogens (tertiary/aromatic N) is 2. The third-order valence-corrected chi connectivity index (χ3v) is 7.53. The van der Waals surface area contributed by atoms with Crippen LogP contribution in [0.4, 0.5) is 5.95 Å². The summed E-state index contributed by atoms with van der Waals surface area (Å²) in [5.74, 6) is 8.18. The van der Waals surface area contributed by atoms with Crippen LogP contribution in [0.15, 0.2) is 23.1 Å². The standard InChI is InChI=1S/C25H32N5O9PS/c1-34-15-7-17(35-2)16(18(8-15)36-3)12-41-13-37-19-9-21(39-20(19)11-38-40(32)33)30-10-14(5-4-6-26)22-23(30)28-25(27)29-24(22)31/h7-8,10,19-21,40H,6,9,11-13,26H2,1-3H3,(H,32,33)(H3,27,28,29,31)/t19-,20?,21+/m0/s1. The number of thioether (sulfide) groups is 1. The number of ether oxygens (including phenoxy) is 5. The highest BCUT2D eigenvalue weighted by molar-refractivity contribution is 7.98. The highest BCUT2D eigenvalue weighted by Crippen LogP contribution is 2.38. The molecule has 3 heterocycles. The number of hydrogen-bond acceptors (Lipinski definition) is 12. The van der Waals surface area contributed by atoms with Crippen LogP contribution in [0.2, 0.25) is 0 Å². The van der Waals surface area contributed by atoms with Crippen LogP contribution < -0.4 is 31.2 Å². The molecule has 16 heteroatoms. The normalized spacial score (nSPS) is 19.1. The first-order chi connectivity index (χ1) is 19.8. The molecule has 1 saturated heterocycles. The van der Waals surface area contributed by atoms with Crippen molar-refractivity contribution in [1.82, 2.24) is 14.5 Å². The smallest absolute Gasteiger partial charge is 0.316 e. The Morgan fingerprint density at radius 2 is 2.00 bits per heavy atom. The first kappa shape index (κ1) is 30.7. The van der Waals surface area contributed by atoms with Gasteiger partial charge >= 0.3 is 8.25 Å². The molecule has 2 unspecified atom stereocenters. The minimum atomic E-state index is -3.20. The average molecular weight is 610 g/mol. The molecule has 3 aromatic rings. The third-order valence-electron chi connectivity index (χ3n) is 6.32. The molecule has 0 saturated carbocycles. The van der Waals surface area contributed by atoms with Crippen molar-refractivity contribution in [3.05, 3.63) is 39.8 Å². The Labute approximate surface area is 240 Å². The summed E-state index contributed by atoms with van der Waals surface area (Å²) in [6.07, 6.45) is 0.140. The fraction of sp³-hybridized carbons (Fsp3) is 0.440. The lowest BCUT2D eigenvalue weighted by molar-refractivity contribution is -0.0486. The minimum Gasteiger partial charge on any atom is -0.496 e. The molecular formula is C25H32N5O9PS. The zero-order chi connectivity index (χ0) is 29.5. The number of nitrogens with one attached hydrogen (secondary N) is 1. The number of aromatic nitrogens is 3. The number of benzene rings is 1. The fourth-order valence-corrected chi connectivity index (χ4v) is 5.63. The number of methoxy groups -OCH3 is 3. The molecule has 0 spiro atoms. The van der Waals surface area contributed by atoms with Gasteiger partial charge in [0.05, 0.1) is 57.5 Å². The van der Waals surface area contributed by atoms with Crippen LogP contribution in [0, 0.1) is 11.8 Å². The highest BCUT2D eigenvalue weighted by atomic mass is 32.2. The molecule has 1 aliphatic rings. The van der Waals surface area contributed by atoms with Crippen LogP contribution in [-0.2, 0) is 24.3 Å². The molecular weight excluding hydrogens is 577 g/mol. The Morgan fingerprint density at radius 3 is 2.63 bits per heavy atom. The quantitative estimate of drug-likeness (QED) is 0.100. The summed E-state index contributed by atoms with van der Waals surface area (Å²) in [5, 5.41) is 0.249. The van der Waals surface area contributed by atoms with Crippen molar-refractivity contribution < 1.29 is 37.7 Å². The number of anilines is 1. The van der Waals surface area contributed by atoms with Gasteiger partial charge in [-0.25, -0.2) is 0 Å². The molecule has 14 nitrogen and oxygen atoms in total. The predicted octanol–water partition coefficient (Wildman–Crippen LogP) is 1.61. The molecule has 41 heavy (non-hydrogen) atoms. The van der Waals surface area contributed by atoms with Crippen LogP contribution in [0.5, 0.6) is 17.2 Å². The molecule has 2 aromatic heterocycles. The van der Waals surface area contributed by atoms with Gasteiger partial charge in [0.25, 0.3) is 5.56 Å². The van der Waals surface area contributed by atoms with Gasteiger partial charge in [-0.1, -0.05) is 11.8 Å². The molecule has 1 aliphatic heterocycles. The van der Waals surface area contributed by atoms with Gasteiger partial charge in [-0.3, -0.25) is 14.3 Å². The summed E-state index contributed by atoms with van der Waals surface area (Å²) >= 11 is 1.47. The second-order valence-electron chi connectivity index (χ2n) is 8.73. The van der Waals surface area contributed by atoms with Crippen molar-refractivity contribution in [3.63, 3.8) is 0 Å². The first-order valence-electron chi connectivity index (χ1n) is 12.4. The Kier molecular flexibility index (Phi) is 10.6. The molecule has 0 radical (unpaired) electrons. The monoisotopic (exact) mass is 609 g/mol. The maximum Gasteiger partial charge on any atom is 0.316 e. The Bertz CT molecular complexity index is 1490. The lowest BCUT2D eigenvalue weighted by Gasteiger charge is -2.19. The van der Waals surface area contributed by atoms with Crippen LogP contribution in [0.1, 0.15) is 23.8 Å². The Balaban J connectivity index is 1.53. The summed E-state index contributed by atoms with van der Waals surface area (Å²) in [4.78, 5) is 28.7. The fourth-order valence-electron chi connectivity index (χ4n) is 4.48. The van der Waals surface area contributed by atoms with Crippen molar-refractivity contribution in [1.29, 1.82) is 0 Å². The zero-order valence-corrected chi connectivity index (χ0v) is 24.5.